The van der Waals surface area contributed by atoms with E-state index in [2.05, 4.69) is 10.6 Å². The fourth-order valence-corrected chi connectivity index (χ4v) is 2.16. The molecule has 2 aromatic carbocycles. The summed E-state index contributed by atoms with van der Waals surface area (Å²) in [6.45, 7) is 3.40. The number of ether oxygens (including phenoxy) is 1. The number of anilines is 1. The number of amides is 3. The molecule has 0 aliphatic heterocycles. The molecule has 0 saturated carbocycles. The van der Waals surface area contributed by atoms with Crippen LogP contribution in [0.4, 0.5) is 14.9 Å². The van der Waals surface area contributed by atoms with Crippen molar-refractivity contribution >= 4 is 29.2 Å². The van der Waals surface area contributed by atoms with Gasteiger partial charge in [-0.1, -0.05) is 29.3 Å². The van der Waals surface area contributed by atoms with Crippen LogP contribution in [0.25, 0.3) is 0 Å². The first-order valence-corrected chi connectivity index (χ1v) is 7.49. The molecule has 0 fully saturated rings. The Balaban J connectivity index is 1.85. The summed E-state index contributed by atoms with van der Waals surface area (Å²) < 4.78 is 18.2. The van der Waals surface area contributed by atoms with Crippen molar-refractivity contribution < 1.29 is 18.7 Å². The Labute approximate surface area is 143 Å². The first kappa shape index (κ1) is 17.7. The van der Waals surface area contributed by atoms with Crippen LogP contribution in [0, 0.1) is 19.7 Å². The van der Waals surface area contributed by atoms with Gasteiger partial charge < -0.3 is 10.1 Å². The van der Waals surface area contributed by atoms with Gasteiger partial charge in [0.2, 0.25) is 0 Å². The van der Waals surface area contributed by atoms with Crippen molar-refractivity contribution in [3.05, 3.63) is 58.4 Å². The van der Waals surface area contributed by atoms with Crippen molar-refractivity contribution in [2.75, 3.05) is 11.9 Å². The molecule has 0 unspecified atom stereocenters. The van der Waals surface area contributed by atoms with Crippen molar-refractivity contribution in [1.29, 1.82) is 0 Å². The summed E-state index contributed by atoms with van der Waals surface area (Å²) >= 11 is 5.61. The van der Waals surface area contributed by atoms with Crippen molar-refractivity contribution in [3.8, 4) is 5.75 Å². The van der Waals surface area contributed by atoms with Crippen LogP contribution in [-0.2, 0) is 4.79 Å². The number of halogens is 2. The molecule has 0 heterocycles. The highest BCUT2D eigenvalue weighted by molar-refractivity contribution is 6.30. The lowest BCUT2D eigenvalue weighted by molar-refractivity contribution is -0.121. The van der Waals surface area contributed by atoms with Crippen molar-refractivity contribution in [2.45, 2.75) is 13.8 Å². The molecule has 126 valence electrons. The summed E-state index contributed by atoms with van der Waals surface area (Å²) in [6.07, 6.45) is 0. The molecule has 0 bridgehead atoms. The number of aryl methyl sites for hydroxylation is 2. The van der Waals surface area contributed by atoms with Gasteiger partial charge in [-0.25, -0.2) is 9.18 Å². The molecule has 2 rings (SSSR count). The van der Waals surface area contributed by atoms with Gasteiger partial charge in [0.1, 0.15) is 11.6 Å². The first-order chi connectivity index (χ1) is 11.3. The molecule has 2 aromatic rings. The molecule has 0 aromatic heterocycles. The second-order valence-electron chi connectivity index (χ2n) is 5.19. The smallest absolute Gasteiger partial charge is 0.325 e. The SMILES string of the molecule is Cc1ccc(NC(=O)NC(=O)COc2ccc(F)c(Cl)c2)c(C)c1. The lowest BCUT2D eigenvalue weighted by Gasteiger charge is -2.10. The topological polar surface area (TPSA) is 67.4 Å². The van der Waals surface area contributed by atoms with Crippen LogP contribution < -0.4 is 15.4 Å². The third kappa shape index (κ3) is 4.96. The Morgan fingerprint density at radius 1 is 1.17 bits per heavy atom. The number of nitrogens with one attached hydrogen (secondary N) is 2. The van der Waals surface area contributed by atoms with Gasteiger partial charge in [0.05, 0.1) is 5.02 Å². The Bertz CT molecular complexity index is 780. The molecule has 0 saturated heterocycles. The van der Waals surface area contributed by atoms with Gasteiger partial charge in [-0.3, -0.25) is 10.1 Å². The predicted molar refractivity (Wildman–Crippen MR) is 90.0 cm³/mol. The lowest BCUT2D eigenvalue weighted by Crippen LogP contribution is -2.37. The lowest BCUT2D eigenvalue weighted by atomic mass is 10.1. The average molecular weight is 351 g/mol. The first-order valence-electron chi connectivity index (χ1n) is 7.11. The van der Waals surface area contributed by atoms with Gasteiger partial charge in [-0.2, -0.15) is 0 Å². The van der Waals surface area contributed by atoms with Crippen LogP contribution in [0.15, 0.2) is 36.4 Å². The van der Waals surface area contributed by atoms with Gasteiger partial charge >= 0.3 is 6.03 Å². The number of urea groups is 1. The molecule has 0 aliphatic carbocycles. The molecule has 0 radical (unpaired) electrons. The van der Waals surface area contributed by atoms with E-state index >= 15 is 0 Å². The van der Waals surface area contributed by atoms with E-state index in [0.29, 0.717) is 5.69 Å². The maximum absolute atomic E-state index is 13.0. The summed E-state index contributed by atoms with van der Waals surface area (Å²) in [5, 5.41) is 4.62. The number of rotatable bonds is 4. The van der Waals surface area contributed by atoms with Crippen LogP contribution in [0.3, 0.4) is 0 Å². The summed E-state index contributed by atoms with van der Waals surface area (Å²) in [7, 11) is 0. The van der Waals surface area contributed by atoms with E-state index in [1.54, 1.807) is 6.07 Å². The summed E-state index contributed by atoms with van der Waals surface area (Å²) in [5.74, 6) is -0.995. The summed E-state index contributed by atoms with van der Waals surface area (Å²) in [4.78, 5) is 23.5. The van der Waals surface area contributed by atoms with Gasteiger partial charge in [0.15, 0.2) is 6.61 Å². The van der Waals surface area contributed by atoms with Crippen molar-refractivity contribution in [1.82, 2.24) is 5.32 Å². The Morgan fingerprint density at radius 3 is 2.58 bits per heavy atom. The van der Waals surface area contributed by atoms with Gasteiger partial charge in [-0.15, -0.1) is 0 Å². The van der Waals surface area contributed by atoms with E-state index in [1.165, 1.54) is 12.1 Å². The monoisotopic (exact) mass is 350 g/mol. The Morgan fingerprint density at radius 2 is 1.92 bits per heavy atom. The summed E-state index contributed by atoms with van der Waals surface area (Å²) in [5.41, 5.74) is 2.56. The highest BCUT2D eigenvalue weighted by Crippen LogP contribution is 2.21. The number of carbonyl (C=O) groups excluding carboxylic acids is 2. The molecule has 0 atom stereocenters. The predicted octanol–water partition coefficient (Wildman–Crippen LogP) is 3.82. The Kier molecular flexibility index (Phi) is 5.76. The van der Waals surface area contributed by atoms with Gasteiger partial charge in [0, 0.05) is 11.8 Å². The highest BCUT2D eigenvalue weighted by Gasteiger charge is 2.10. The second kappa shape index (κ2) is 7.79. The third-order valence-electron chi connectivity index (χ3n) is 3.14. The molecular formula is C17H16ClFN2O3. The summed E-state index contributed by atoms with van der Waals surface area (Å²) in [6, 6.07) is 8.58. The van der Waals surface area contributed by atoms with E-state index in [1.807, 2.05) is 26.0 Å². The molecule has 2 N–H and O–H groups in total. The van der Waals surface area contributed by atoms with Crippen LogP contribution in [-0.4, -0.2) is 18.5 Å². The number of benzene rings is 2. The van der Waals surface area contributed by atoms with Crippen molar-refractivity contribution in [3.63, 3.8) is 0 Å². The zero-order valence-electron chi connectivity index (χ0n) is 13.2. The standard InChI is InChI=1S/C17H16ClFN2O3/c1-10-3-6-15(11(2)7-10)20-17(23)21-16(22)9-24-12-4-5-14(19)13(18)8-12/h3-8H,9H2,1-2H3,(H2,20,21,22,23). The number of carbonyl (C=O) groups is 2. The molecule has 24 heavy (non-hydrogen) atoms. The molecule has 7 heteroatoms. The van der Waals surface area contributed by atoms with Crippen LogP contribution in [0.2, 0.25) is 5.02 Å². The van der Waals surface area contributed by atoms with Crippen LogP contribution in [0.5, 0.6) is 5.75 Å². The number of hydrogen-bond acceptors (Lipinski definition) is 3. The molecule has 0 aliphatic rings. The minimum absolute atomic E-state index is 0.111. The van der Waals surface area contributed by atoms with E-state index in [9.17, 15) is 14.0 Å². The maximum Gasteiger partial charge on any atom is 0.325 e. The minimum Gasteiger partial charge on any atom is -0.484 e. The fourth-order valence-electron chi connectivity index (χ4n) is 1.99. The zero-order chi connectivity index (χ0) is 17.7. The maximum atomic E-state index is 13.0. The largest absolute Gasteiger partial charge is 0.484 e. The van der Waals surface area contributed by atoms with Crippen LogP contribution in [0.1, 0.15) is 11.1 Å². The van der Waals surface area contributed by atoms with Crippen molar-refractivity contribution in [2.24, 2.45) is 0 Å². The van der Waals surface area contributed by atoms with E-state index in [-0.39, 0.29) is 10.8 Å². The molecule has 0 spiro atoms. The average Bonchev–Trinajstić information content (AvgIpc) is 2.51. The van der Waals surface area contributed by atoms with E-state index < -0.39 is 24.4 Å². The minimum atomic E-state index is -0.660. The molecule has 5 nitrogen and oxygen atoms in total. The normalized spacial score (nSPS) is 10.2. The second-order valence-corrected chi connectivity index (χ2v) is 5.59. The Hall–Kier alpha value is -2.60. The van der Waals surface area contributed by atoms with Gasteiger partial charge in [-0.05, 0) is 37.6 Å². The molecule has 3 amide bonds. The number of imide groups is 1. The quantitative estimate of drug-likeness (QED) is 0.880. The zero-order valence-corrected chi connectivity index (χ0v) is 13.9. The molecular weight excluding hydrogens is 335 g/mol. The number of hydrogen-bond donors (Lipinski definition) is 2. The third-order valence-corrected chi connectivity index (χ3v) is 3.43. The van der Waals surface area contributed by atoms with E-state index in [4.69, 9.17) is 16.3 Å². The fraction of sp³-hybridized carbons (Fsp3) is 0.176. The van der Waals surface area contributed by atoms with Crippen LogP contribution >= 0.6 is 11.6 Å². The highest BCUT2D eigenvalue weighted by atomic mass is 35.5. The van der Waals surface area contributed by atoms with E-state index in [0.717, 1.165) is 17.2 Å². The van der Waals surface area contributed by atoms with Gasteiger partial charge in [0.25, 0.3) is 5.91 Å².